The maximum Gasteiger partial charge on any atom is 0.136 e. The van der Waals surface area contributed by atoms with E-state index in [4.69, 9.17) is 4.42 Å². The van der Waals surface area contributed by atoms with Gasteiger partial charge in [0.05, 0.1) is 15.7 Å². The fourth-order valence-electron chi connectivity index (χ4n) is 6.37. The second-order valence-corrected chi connectivity index (χ2v) is 11.6. The van der Waals surface area contributed by atoms with Gasteiger partial charge in [0.2, 0.25) is 0 Å². The Kier molecular flexibility index (Phi) is 4.80. The van der Waals surface area contributed by atoms with Gasteiger partial charge in [0.1, 0.15) is 11.2 Å². The summed E-state index contributed by atoms with van der Waals surface area (Å²) in [5, 5.41) is 4.92. The van der Waals surface area contributed by atoms with Crippen LogP contribution >= 0.6 is 11.3 Å². The fraction of sp³-hybridized carbons (Fsp3) is 0. The zero-order valence-corrected chi connectivity index (χ0v) is 22.9. The van der Waals surface area contributed by atoms with Crippen LogP contribution in [-0.4, -0.2) is 4.57 Å². The molecule has 3 heteroatoms. The first kappa shape index (κ1) is 22.7. The third-order valence-electron chi connectivity index (χ3n) is 8.20. The van der Waals surface area contributed by atoms with Crippen molar-refractivity contribution in [2.24, 2.45) is 0 Å². The lowest BCUT2D eigenvalue weighted by molar-refractivity contribution is 0.669. The van der Waals surface area contributed by atoms with Crippen molar-refractivity contribution in [3.63, 3.8) is 0 Å². The van der Waals surface area contributed by atoms with E-state index in [2.05, 4.69) is 132 Å². The molecule has 3 heterocycles. The predicted octanol–water partition coefficient (Wildman–Crippen LogP) is 11.2. The Morgan fingerprint density at radius 1 is 0.512 bits per heavy atom. The molecule has 2 nitrogen and oxygen atoms in total. The van der Waals surface area contributed by atoms with Gasteiger partial charge in [0.15, 0.2) is 0 Å². The van der Waals surface area contributed by atoms with Gasteiger partial charge >= 0.3 is 0 Å². The highest BCUT2D eigenvalue weighted by Crippen LogP contribution is 2.44. The van der Waals surface area contributed by atoms with Crippen molar-refractivity contribution in [3.05, 3.63) is 140 Å². The third-order valence-corrected chi connectivity index (χ3v) is 9.38. The van der Waals surface area contributed by atoms with Gasteiger partial charge in [0, 0.05) is 31.9 Å². The molecule has 0 fully saturated rings. The predicted molar refractivity (Wildman–Crippen MR) is 174 cm³/mol. The summed E-state index contributed by atoms with van der Waals surface area (Å²) in [7, 11) is 0. The number of furan rings is 1. The molecular weight excluding hydrogens is 518 g/mol. The molecule has 0 saturated carbocycles. The monoisotopic (exact) mass is 541 g/mol. The van der Waals surface area contributed by atoms with Gasteiger partial charge in [0.25, 0.3) is 0 Å². The van der Waals surface area contributed by atoms with Crippen LogP contribution in [-0.2, 0) is 0 Å². The molecule has 0 aliphatic rings. The van der Waals surface area contributed by atoms with Gasteiger partial charge in [-0.05, 0) is 64.7 Å². The maximum absolute atomic E-state index is 6.17. The van der Waals surface area contributed by atoms with E-state index in [0.29, 0.717) is 0 Å². The van der Waals surface area contributed by atoms with E-state index in [1.54, 1.807) is 0 Å². The summed E-state index contributed by atoms with van der Waals surface area (Å²) in [6, 6.07) is 49.9. The molecule has 0 aliphatic carbocycles. The summed E-state index contributed by atoms with van der Waals surface area (Å²) in [4.78, 5) is 0. The molecule has 41 heavy (non-hydrogen) atoms. The van der Waals surface area contributed by atoms with Crippen LogP contribution in [0.4, 0.5) is 0 Å². The molecule has 0 atom stereocenters. The number of fused-ring (bicyclic) bond motifs is 8. The molecule has 0 radical (unpaired) electrons. The molecule has 9 rings (SSSR count). The van der Waals surface area contributed by atoms with Gasteiger partial charge in [-0.15, -0.1) is 11.3 Å². The van der Waals surface area contributed by atoms with Gasteiger partial charge in [-0.3, -0.25) is 0 Å². The highest BCUT2D eigenvalue weighted by Gasteiger charge is 2.18. The first-order valence-electron chi connectivity index (χ1n) is 13.9. The second-order valence-electron chi connectivity index (χ2n) is 10.5. The molecule has 0 saturated heterocycles. The average molecular weight is 542 g/mol. The molecule has 0 spiro atoms. The summed E-state index contributed by atoms with van der Waals surface area (Å²) in [6.45, 7) is 0. The van der Waals surface area contributed by atoms with E-state index >= 15 is 0 Å². The molecule has 9 aromatic rings. The number of nitrogens with zero attached hydrogens (tertiary/aromatic N) is 1. The number of hydrogen-bond acceptors (Lipinski definition) is 2. The Balaban J connectivity index is 1.23. The normalized spacial score (nSPS) is 11.9. The highest BCUT2D eigenvalue weighted by molar-refractivity contribution is 7.26. The lowest BCUT2D eigenvalue weighted by Crippen LogP contribution is -1.92. The minimum Gasteiger partial charge on any atom is -0.456 e. The maximum atomic E-state index is 6.17. The minimum absolute atomic E-state index is 0.923. The largest absolute Gasteiger partial charge is 0.456 e. The van der Waals surface area contributed by atoms with Crippen molar-refractivity contribution < 1.29 is 4.42 Å². The van der Waals surface area contributed by atoms with E-state index in [0.717, 1.165) is 16.6 Å². The Morgan fingerprint density at radius 3 is 2.17 bits per heavy atom. The standard InChI is InChI=1S/C38H23NOS/c1-2-12-27(13-3-1)39-32-17-6-4-14-29(32)38-37(39)31-21-20-25(23-35(31)41-38)24-10-8-11-26(22-24)28-16-9-19-34-36(28)30-15-5-7-18-33(30)40-34/h1-23H. The van der Waals surface area contributed by atoms with Gasteiger partial charge in [-0.1, -0.05) is 97.1 Å². The number of aromatic nitrogens is 1. The quantitative estimate of drug-likeness (QED) is 0.217. The molecular formula is C38H23NOS. The number of para-hydroxylation sites is 3. The van der Waals surface area contributed by atoms with Crippen molar-refractivity contribution in [1.29, 1.82) is 0 Å². The topological polar surface area (TPSA) is 18.1 Å². The van der Waals surface area contributed by atoms with E-state index in [9.17, 15) is 0 Å². The van der Waals surface area contributed by atoms with Crippen molar-refractivity contribution >= 4 is 64.5 Å². The van der Waals surface area contributed by atoms with Crippen LogP contribution < -0.4 is 0 Å². The summed E-state index contributed by atoms with van der Waals surface area (Å²) < 4.78 is 11.2. The first-order chi connectivity index (χ1) is 20.3. The Morgan fingerprint density at radius 2 is 1.24 bits per heavy atom. The van der Waals surface area contributed by atoms with Crippen LogP contribution in [0.25, 0.3) is 81.1 Å². The SMILES string of the molecule is c1ccc(-n2c3ccccc3c3sc4cc(-c5cccc(-c6cccc7oc8ccccc8c67)c5)ccc4c32)cc1. The molecule has 0 N–H and O–H groups in total. The van der Waals surface area contributed by atoms with Crippen molar-refractivity contribution in [1.82, 2.24) is 4.57 Å². The number of rotatable bonds is 3. The van der Waals surface area contributed by atoms with Crippen molar-refractivity contribution in [2.45, 2.75) is 0 Å². The van der Waals surface area contributed by atoms with E-state index < -0.39 is 0 Å². The van der Waals surface area contributed by atoms with Gasteiger partial charge in [-0.2, -0.15) is 0 Å². The van der Waals surface area contributed by atoms with Crippen LogP contribution in [0.5, 0.6) is 0 Å². The number of hydrogen-bond donors (Lipinski definition) is 0. The number of thiophene rings is 1. The summed E-state index contributed by atoms with van der Waals surface area (Å²) in [5.74, 6) is 0. The Bertz CT molecular complexity index is 2420. The smallest absolute Gasteiger partial charge is 0.136 e. The Labute approximate surface area is 240 Å². The van der Waals surface area contributed by atoms with Gasteiger partial charge in [-0.25, -0.2) is 0 Å². The lowest BCUT2D eigenvalue weighted by atomic mass is 9.96. The highest BCUT2D eigenvalue weighted by atomic mass is 32.1. The average Bonchev–Trinajstić information content (AvgIpc) is 3.70. The number of benzene rings is 6. The molecule has 0 aliphatic heterocycles. The molecule has 3 aromatic heterocycles. The van der Waals surface area contributed by atoms with Crippen LogP contribution in [0.1, 0.15) is 0 Å². The van der Waals surface area contributed by atoms with Crippen molar-refractivity contribution in [2.75, 3.05) is 0 Å². The van der Waals surface area contributed by atoms with Crippen LogP contribution in [0.3, 0.4) is 0 Å². The van der Waals surface area contributed by atoms with Crippen molar-refractivity contribution in [3.8, 4) is 27.9 Å². The second kappa shape index (κ2) is 8.69. The summed E-state index contributed by atoms with van der Waals surface area (Å²) in [5.41, 5.74) is 10.4. The third kappa shape index (κ3) is 3.36. The van der Waals surface area contributed by atoms with Crippen LogP contribution in [0, 0.1) is 0 Å². The van der Waals surface area contributed by atoms with Crippen LogP contribution in [0.2, 0.25) is 0 Å². The fourth-order valence-corrected chi connectivity index (χ4v) is 7.64. The van der Waals surface area contributed by atoms with E-state index in [-0.39, 0.29) is 0 Å². The van der Waals surface area contributed by atoms with E-state index in [1.807, 2.05) is 23.5 Å². The summed E-state index contributed by atoms with van der Waals surface area (Å²) >= 11 is 1.89. The molecule has 0 unspecified atom stereocenters. The van der Waals surface area contributed by atoms with Gasteiger partial charge < -0.3 is 8.98 Å². The zero-order chi connectivity index (χ0) is 26.9. The Hall–Kier alpha value is -5.12. The molecule has 192 valence electrons. The lowest BCUT2D eigenvalue weighted by Gasteiger charge is -2.09. The first-order valence-corrected chi connectivity index (χ1v) is 14.7. The zero-order valence-electron chi connectivity index (χ0n) is 22.0. The van der Waals surface area contributed by atoms with E-state index in [1.165, 1.54) is 64.5 Å². The minimum atomic E-state index is 0.923. The molecule has 0 amide bonds. The summed E-state index contributed by atoms with van der Waals surface area (Å²) in [6.07, 6.45) is 0. The molecule has 0 bridgehead atoms. The molecule has 6 aromatic carbocycles. The van der Waals surface area contributed by atoms with Crippen LogP contribution in [0.15, 0.2) is 144 Å².